The monoisotopic (exact) mass is 445 g/mol. The second-order valence-electron chi connectivity index (χ2n) is 7.68. The summed E-state index contributed by atoms with van der Waals surface area (Å²) in [5, 5.41) is 2.93. The Bertz CT molecular complexity index is 1320. The average molecular weight is 445 g/mol. The molecule has 0 bridgehead atoms. The van der Waals surface area contributed by atoms with E-state index in [1.807, 2.05) is 0 Å². The van der Waals surface area contributed by atoms with E-state index >= 15 is 0 Å². The molecule has 5 nitrogen and oxygen atoms in total. The third kappa shape index (κ3) is 3.72. The fraction of sp³-hybridized carbons (Fsp3) is 0.182. The zero-order chi connectivity index (χ0) is 22.6. The molecular weight excluding hydrogens is 429 g/mol. The van der Waals surface area contributed by atoms with Gasteiger partial charge in [0.1, 0.15) is 17.5 Å². The van der Waals surface area contributed by atoms with E-state index in [2.05, 4.69) is 15.3 Å². The summed E-state index contributed by atoms with van der Waals surface area (Å²) in [6.07, 6.45) is -2.64. The van der Waals surface area contributed by atoms with Crippen molar-refractivity contribution < 1.29 is 22.0 Å². The Labute approximate surface area is 178 Å². The van der Waals surface area contributed by atoms with E-state index < -0.39 is 23.4 Å². The third-order valence-corrected chi connectivity index (χ3v) is 5.21. The number of rotatable bonds is 4. The van der Waals surface area contributed by atoms with E-state index in [4.69, 9.17) is 5.73 Å². The number of aromatic nitrogens is 3. The van der Waals surface area contributed by atoms with Crippen LogP contribution in [0, 0.1) is 11.6 Å². The summed E-state index contributed by atoms with van der Waals surface area (Å²) in [6, 6.07) is 9.70. The van der Waals surface area contributed by atoms with Gasteiger partial charge in [-0.25, -0.2) is 18.7 Å². The number of hydrogen-bond acceptors (Lipinski definition) is 4. The molecule has 4 aromatic rings. The highest BCUT2D eigenvalue weighted by molar-refractivity contribution is 5.79. The summed E-state index contributed by atoms with van der Waals surface area (Å²) in [5.74, 6) is -0.602. The molecule has 0 atom stereocenters. The molecule has 10 heteroatoms. The van der Waals surface area contributed by atoms with Gasteiger partial charge in [-0.3, -0.25) is 4.57 Å². The number of hydrogen-bond donors (Lipinski definition) is 2. The Morgan fingerprint density at radius 3 is 2.28 bits per heavy atom. The van der Waals surface area contributed by atoms with E-state index in [0.29, 0.717) is 34.1 Å². The van der Waals surface area contributed by atoms with Crippen LogP contribution in [0.15, 0.2) is 48.5 Å². The average Bonchev–Trinajstić information content (AvgIpc) is 3.50. The molecule has 5 rings (SSSR count). The topological polar surface area (TPSA) is 68.8 Å². The molecule has 2 aromatic carbocycles. The van der Waals surface area contributed by atoms with Gasteiger partial charge in [0, 0.05) is 41.6 Å². The van der Waals surface area contributed by atoms with E-state index in [1.165, 1.54) is 18.2 Å². The van der Waals surface area contributed by atoms with Crippen molar-refractivity contribution in [1.82, 2.24) is 14.5 Å². The smallest absolute Gasteiger partial charge is 0.399 e. The van der Waals surface area contributed by atoms with Gasteiger partial charge in [0.2, 0.25) is 0 Å². The number of pyridine rings is 1. The Balaban J connectivity index is 1.57. The molecule has 0 spiro atoms. The maximum atomic E-state index is 14.0. The summed E-state index contributed by atoms with van der Waals surface area (Å²) >= 11 is 0. The second-order valence-corrected chi connectivity index (χ2v) is 7.68. The SMILES string of the molecule is Nc1cc(Nc2ccc(C(F)(F)F)cc2)nc(-n2c(C3CC3)nc3cc(F)c(F)cc32)c1. The molecule has 0 unspecified atom stereocenters. The maximum absolute atomic E-state index is 14.0. The number of imidazole rings is 1. The molecule has 2 heterocycles. The minimum Gasteiger partial charge on any atom is -0.399 e. The normalized spacial score (nSPS) is 14.2. The molecule has 1 aliphatic carbocycles. The van der Waals surface area contributed by atoms with Crippen molar-refractivity contribution >= 4 is 28.2 Å². The molecule has 1 fully saturated rings. The van der Waals surface area contributed by atoms with Gasteiger partial charge in [0.25, 0.3) is 0 Å². The van der Waals surface area contributed by atoms with Crippen LogP contribution in [0.2, 0.25) is 0 Å². The van der Waals surface area contributed by atoms with Gasteiger partial charge in [0.05, 0.1) is 16.6 Å². The highest BCUT2D eigenvalue weighted by Crippen LogP contribution is 2.42. The molecule has 32 heavy (non-hydrogen) atoms. The van der Waals surface area contributed by atoms with Crippen molar-refractivity contribution in [3.05, 3.63) is 71.6 Å². The van der Waals surface area contributed by atoms with Crippen LogP contribution in [-0.2, 0) is 6.18 Å². The van der Waals surface area contributed by atoms with Gasteiger partial charge in [-0.2, -0.15) is 13.2 Å². The van der Waals surface area contributed by atoms with Crippen LogP contribution >= 0.6 is 0 Å². The van der Waals surface area contributed by atoms with E-state index in [1.54, 1.807) is 10.6 Å². The summed E-state index contributed by atoms with van der Waals surface area (Å²) < 4.78 is 67.7. The van der Waals surface area contributed by atoms with Gasteiger partial charge in [-0.05, 0) is 37.1 Å². The lowest BCUT2D eigenvalue weighted by molar-refractivity contribution is -0.137. The van der Waals surface area contributed by atoms with E-state index in [-0.39, 0.29) is 11.7 Å². The van der Waals surface area contributed by atoms with Crippen molar-refractivity contribution in [2.45, 2.75) is 24.9 Å². The van der Waals surface area contributed by atoms with Crippen LogP contribution in [0.25, 0.3) is 16.9 Å². The fourth-order valence-electron chi connectivity index (χ4n) is 3.55. The lowest BCUT2D eigenvalue weighted by Crippen LogP contribution is -2.07. The van der Waals surface area contributed by atoms with Crippen LogP contribution < -0.4 is 11.1 Å². The Morgan fingerprint density at radius 1 is 0.938 bits per heavy atom. The molecule has 0 radical (unpaired) electrons. The van der Waals surface area contributed by atoms with Crippen molar-refractivity contribution in [2.24, 2.45) is 0 Å². The number of nitrogen functional groups attached to an aromatic ring is 1. The van der Waals surface area contributed by atoms with Crippen LogP contribution in [0.4, 0.5) is 39.1 Å². The molecule has 1 saturated carbocycles. The molecule has 3 N–H and O–H groups in total. The van der Waals surface area contributed by atoms with Crippen LogP contribution in [0.1, 0.15) is 30.1 Å². The first-order valence-corrected chi connectivity index (χ1v) is 9.78. The standard InChI is InChI=1S/C22H16F5N5/c23-15-9-17-18(10-16(15)24)32(21(30-17)11-1-2-11)20-8-13(28)7-19(31-20)29-14-5-3-12(4-6-14)22(25,26)27/h3-11H,1-2H2,(H3,28,29,31). The highest BCUT2D eigenvalue weighted by atomic mass is 19.4. The van der Waals surface area contributed by atoms with Crippen molar-refractivity contribution in [1.29, 1.82) is 0 Å². The van der Waals surface area contributed by atoms with E-state index in [0.717, 1.165) is 37.1 Å². The van der Waals surface area contributed by atoms with E-state index in [9.17, 15) is 22.0 Å². The minimum atomic E-state index is -4.43. The van der Waals surface area contributed by atoms with Gasteiger partial charge >= 0.3 is 6.18 Å². The van der Waals surface area contributed by atoms with Crippen molar-refractivity contribution in [2.75, 3.05) is 11.1 Å². The largest absolute Gasteiger partial charge is 0.416 e. The summed E-state index contributed by atoms with van der Waals surface area (Å²) in [4.78, 5) is 8.99. The zero-order valence-electron chi connectivity index (χ0n) is 16.4. The Hall–Kier alpha value is -3.69. The minimum absolute atomic E-state index is 0.142. The first-order valence-electron chi connectivity index (χ1n) is 9.78. The zero-order valence-corrected chi connectivity index (χ0v) is 16.4. The highest BCUT2D eigenvalue weighted by Gasteiger charge is 2.31. The number of halogens is 5. The molecule has 2 aromatic heterocycles. The number of benzene rings is 2. The van der Waals surface area contributed by atoms with Gasteiger partial charge in [0.15, 0.2) is 11.6 Å². The first-order chi connectivity index (χ1) is 15.2. The quantitative estimate of drug-likeness (QED) is 0.383. The van der Waals surface area contributed by atoms with Gasteiger partial charge < -0.3 is 11.1 Å². The lowest BCUT2D eigenvalue weighted by atomic mass is 10.2. The molecular formula is C22H16F5N5. The molecule has 0 amide bonds. The Morgan fingerprint density at radius 2 is 1.62 bits per heavy atom. The number of nitrogens with two attached hydrogens (primary N) is 1. The van der Waals surface area contributed by atoms with Crippen LogP contribution in [0.3, 0.4) is 0 Å². The molecule has 0 saturated heterocycles. The van der Waals surface area contributed by atoms with Crippen LogP contribution in [0.5, 0.6) is 0 Å². The molecule has 1 aliphatic rings. The number of anilines is 3. The number of nitrogens with zero attached hydrogens (tertiary/aromatic N) is 3. The van der Waals surface area contributed by atoms with Gasteiger partial charge in [-0.1, -0.05) is 0 Å². The number of nitrogens with one attached hydrogen (secondary N) is 1. The lowest BCUT2D eigenvalue weighted by Gasteiger charge is -2.13. The number of alkyl halides is 3. The predicted molar refractivity (Wildman–Crippen MR) is 110 cm³/mol. The van der Waals surface area contributed by atoms with Crippen molar-refractivity contribution in [3.8, 4) is 5.82 Å². The first kappa shape index (κ1) is 20.2. The second kappa shape index (κ2) is 7.18. The molecule has 0 aliphatic heterocycles. The molecule has 164 valence electrons. The number of fused-ring (bicyclic) bond motifs is 1. The maximum Gasteiger partial charge on any atom is 0.416 e. The summed E-state index contributed by atoms with van der Waals surface area (Å²) in [6.45, 7) is 0. The predicted octanol–water partition coefficient (Wildman–Crippen LogP) is 5.92. The van der Waals surface area contributed by atoms with Gasteiger partial charge in [-0.15, -0.1) is 0 Å². The van der Waals surface area contributed by atoms with Crippen molar-refractivity contribution in [3.63, 3.8) is 0 Å². The summed E-state index contributed by atoms with van der Waals surface area (Å²) in [7, 11) is 0. The fourth-order valence-corrected chi connectivity index (χ4v) is 3.55. The Kier molecular flexibility index (Phi) is 4.54. The third-order valence-electron chi connectivity index (χ3n) is 5.21. The summed E-state index contributed by atoms with van der Waals surface area (Å²) in [5.41, 5.74) is 6.64. The van der Waals surface area contributed by atoms with Crippen LogP contribution in [-0.4, -0.2) is 14.5 Å².